The zero-order valence-corrected chi connectivity index (χ0v) is 10.6. The van der Waals surface area contributed by atoms with Crippen LogP contribution in [-0.4, -0.2) is 40.1 Å². The number of halogens is 1. The molecule has 0 aliphatic rings. The third-order valence-corrected chi connectivity index (χ3v) is 2.53. The SMILES string of the molecule is CCCN(CC(=O)O)C(=O)c1ccc(Cl)cc1O. The number of hydrogen-bond donors (Lipinski definition) is 2. The number of carboxylic acid groups (broad SMARTS) is 1. The van der Waals surface area contributed by atoms with Crippen molar-refractivity contribution in [2.24, 2.45) is 0 Å². The highest BCUT2D eigenvalue weighted by Gasteiger charge is 2.20. The van der Waals surface area contributed by atoms with Crippen molar-refractivity contribution >= 4 is 23.5 Å². The zero-order valence-electron chi connectivity index (χ0n) is 9.89. The van der Waals surface area contributed by atoms with Gasteiger partial charge in [0.25, 0.3) is 5.91 Å². The van der Waals surface area contributed by atoms with E-state index in [1.807, 2.05) is 6.92 Å². The van der Waals surface area contributed by atoms with E-state index in [0.717, 1.165) is 0 Å². The molecule has 0 atom stereocenters. The largest absolute Gasteiger partial charge is 0.507 e. The van der Waals surface area contributed by atoms with Crippen LogP contribution in [0, 0.1) is 0 Å². The molecule has 6 heteroatoms. The van der Waals surface area contributed by atoms with Crippen LogP contribution in [0.3, 0.4) is 0 Å². The van der Waals surface area contributed by atoms with Crippen LogP contribution < -0.4 is 0 Å². The number of phenolic OH excluding ortho intramolecular Hbond substituents is 1. The van der Waals surface area contributed by atoms with Crippen LogP contribution in [0.2, 0.25) is 5.02 Å². The number of carboxylic acids is 1. The Balaban J connectivity index is 2.97. The minimum atomic E-state index is -1.09. The van der Waals surface area contributed by atoms with Crippen LogP contribution in [0.25, 0.3) is 0 Å². The smallest absolute Gasteiger partial charge is 0.323 e. The number of nitrogens with zero attached hydrogens (tertiary/aromatic N) is 1. The average Bonchev–Trinajstić information content (AvgIpc) is 2.27. The fourth-order valence-corrected chi connectivity index (χ4v) is 1.71. The summed E-state index contributed by atoms with van der Waals surface area (Å²) < 4.78 is 0. The van der Waals surface area contributed by atoms with Crippen molar-refractivity contribution in [2.45, 2.75) is 13.3 Å². The van der Waals surface area contributed by atoms with Gasteiger partial charge in [-0.05, 0) is 24.6 Å². The quantitative estimate of drug-likeness (QED) is 0.858. The first kappa shape index (κ1) is 14.3. The first-order chi connectivity index (χ1) is 8.45. The lowest BCUT2D eigenvalue weighted by Gasteiger charge is -2.20. The minimum absolute atomic E-state index is 0.0501. The molecule has 0 saturated heterocycles. The molecule has 0 fully saturated rings. The molecule has 0 saturated carbocycles. The summed E-state index contributed by atoms with van der Waals surface area (Å²) in [6, 6.07) is 4.10. The lowest BCUT2D eigenvalue weighted by molar-refractivity contribution is -0.137. The van der Waals surface area contributed by atoms with Gasteiger partial charge in [-0.3, -0.25) is 9.59 Å². The summed E-state index contributed by atoms with van der Waals surface area (Å²) >= 11 is 5.67. The molecule has 0 radical (unpaired) electrons. The number of rotatable bonds is 5. The fraction of sp³-hybridized carbons (Fsp3) is 0.333. The maximum Gasteiger partial charge on any atom is 0.323 e. The molecule has 0 aliphatic heterocycles. The molecular weight excluding hydrogens is 258 g/mol. The van der Waals surface area contributed by atoms with Gasteiger partial charge in [0, 0.05) is 11.6 Å². The topological polar surface area (TPSA) is 77.8 Å². The molecule has 0 aliphatic carbocycles. The van der Waals surface area contributed by atoms with Crippen LogP contribution in [0.1, 0.15) is 23.7 Å². The lowest BCUT2D eigenvalue weighted by Crippen LogP contribution is -2.36. The average molecular weight is 272 g/mol. The van der Waals surface area contributed by atoms with Gasteiger partial charge in [-0.2, -0.15) is 0 Å². The summed E-state index contributed by atoms with van der Waals surface area (Å²) in [5.41, 5.74) is 0.0501. The molecule has 1 amide bonds. The maximum absolute atomic E-state index is 12.1. The fourth-order valence-electron chi connectivity index (χ4n) is 1.54. The van der Waals surface area contributed by atoms with E-state index in [1.54, 1.807) is 0 Å². The van der Waals surface area contributed by atoms with Crippen LogP contribution in [0.4, 0.5) is 0 Å². The van der Waals surface area contributed by atoms with E-state index in [0.29, 0.717) is 18.0 Å². The summed E-state index contributed by atoms with van der Waals surface area (Å²) in [4.78, 5) is 23.9. The molecular formula is C12H14ClNO4. The number of aromatic hydroxyl groups is 1. The Bertz CT molecular complexity index is 461. The van der Waals surface area contributed by atoms with Crippen molar-refractivity contribution < 1.29 is 19.8 Å². The van der Waals surface area contributed by atoms with Crippen molar-refractivity contribution in [1.29, 1.82) is 0 Å². The number of benzene rings is 1. The molecule has 0 aromatic heterocycles. The van der Waals surface area contributed by atoms with E-state index in [-0.39, 0.29) is 11.3 Å². The van der Waals surface area contributed by atoms with Gasteiger partial charge in [-0.15, -0.1) is 0 Å². The zero-order chi connectivity index (χ0) is 13.7. The van der Waals surface area contributed by atoms with Gasteiger partial charge in [0.15, 0.2) is 0 Å². The van der Waals surface area contributed by atoms with Gasteiger partial charge in [0.2, 0.25) is 0 Å². The molecule has 1 aromatic carbocycles. The first-order valence-electron chi connectivity index (χ1n) is 5.45. The van der Waals surface area contributed by atoms with Crippen LogP contribution in [0.5, 0.6) is 5.75 Å². The maximum atomic E-state index is 12.1. The Kier molecular flexibility index (Phi) is 4.97. The van der Waals surface area contributed by atoms with E-state index in [2.05, 4.69) is 0 Å². The third-order valence-electron chi connectivity index (χ3n) is 2.30. The molecule has 0 heterocycles. The highest BCUT2D eigenvalue weighted by Crippen LogP contribution is 2.23. The van der Waals surface area contributed by atoms with E-state index in [1.165, 1.54) is 23.1 Å². The van der Waals surface area contributed by atoms with Crippen LogP contribution in [0.15, 0.2) is 18.2 Å². The third kappa shape index (κ3) is 3.63. The molecule has 1 rings (SSSR count). The number of amides is 1. The molecule has 0 spiro atoms. The summed E-state index contributed by atoms with van der Waals surface area (Å²) in [5.74, 6) is -1.86. The van der Waals surface area contributed by atoms with Gasteiger partial charge >= 0.3 is 5.97 Å². The first-order valence-corrected chi connectivity index (χ1v) is 5.83. The number of hydrogen-bond acceptors (Lipinski definition) is 3. The Morgan fingerprint density at radius 2 is 2.06 bits per heavy atom. The van der Waals surface area contributed by atoms with Gasteiger partial charge in [-0.25, -0.2) is 0 Å². The van der Waals surface area contributed by atoms with Crippen molar-refractivity contribution in [3.63, 3.8) is 0 Å². The molecule has 5 nitrogen and oxygen atoms in total. The molecule has 0 unspecified atom stereocenters. The second-order valence-corrected chi connectivity index (χ2v) is 4.22. The van der Waals surface area contributed by atoms with E-state index < -0.39 is 18.4 Å². The molecule has 98 valence electrons. The number of carbonyl (C=O) groups is 2. The van der Waals surface area contributed by atoms with Gasteiger partial charge in [0.05, 0.1) is 5.56 Å². The Labute approximate surface area is 110 Å². The number of phenols is 1. The van der Waals surface area contributed by atoms with Gasteiger partial charge in [0.1, 0.15) is 12.3 Å². The van der Waals surface area contributed by atoms with Crippen LogP contribution >= 0.6 is 11.6 Å². The summed E-state index contributed by atoms with van der Waals surface area (Å²) in [7, 11) is 0. The Morgan fingerprint density at radius 1 is 1.39 bits per heavy atom. The summed E-state index contributed by atoms with van der Waals surface area (Å²) in [6.45, 7) is 1.76. The molecule has 2 N–H and O–H groups in total. The van der Waals surface area contributed by atoms with Crippen molar-refractivity contribution in [3.05, 3.63) is 28.8 Å². The Hall–Kier alpha value is -1.75. The van der Waals surface area contributed by atoms with Gasteiger partial charge < -0.3 is 15.1 Å². The van der Waals surface area contributed by atoms with E-state index >= 15 is 0 Å². The molecule has 1 aromatic rings. The number of aliphatic carboxylic acids is 1. The van der Waals surface area contributed by atoms with Crippen molar-refractivity contribution in [1.82, 2.24) is 4.90 Å². The highest BCUT2D eigenvalue weighted by atomic mass is 35.5. The minimum Gasteiger partial charge on any atom is -0.507 e. The monoisotopic (exact) mass is 271 g/mol. The van der Waals surface area contributed by atoms with Crippen molar-refractivity contribution in [2.75, 3.05) is 13.1 Å². The van der Waals surface area contributed by atoms with Gasteiger partial charge in [-0.1, -0.05) is 18.5 Å². The summed E-state index contributed by atoms with van der Waals surface area (Å²) in [5, 5.41) is 18.7. The second-order valence-electron chi connectivity index (χ2n) is 3.78. The van der Waals surface area contributed by atoms with Crippen molar-refractivity contribution in [3.8, 4) is 5.75 Å². The van der Waals surface area contributed by atoms with E-state index in [9.17, 15) is 14.7 Å². The lowest BCUT2D eigenvalue weighted by atomic mass is 10.1. The predicted molar refractivity (Wildman–Crippen MR) is 66.9 cm³/mol. The highest BCUT2D eigenvalue weighted by molar-refractivity contribution is 6.30. The van der Waals surface area contributed by atoms with Crippen LogP contribution in [-0.2, 0) is 4.79 Å². The normalized spacial score (nSPS) is 10.1. The second kappa shape index (κ2) is 6.26. The molecule has 0 bridgehead atoms. The Morgan fingerprint density at radius 3 is 2.56 bits per heavy atom. The van der Waals surface area contributed by atoms with E-state index in [4.69, 9.17) is 16.7 Å². The standard InChI is InChI=1S/C12H14ClNO4/c1-2-5-14(7-11(16)17)12(18)9-4-3-8(13)6-10(9)15/h3-4,6,15H,2,5,7H2,1H3,(H,16,17). The number of carbonyl (C=O) groups excluding carboxylic acids is 1. The molecule has 18 heavy (non-hydrogen) atoms. The predicted octanol–water partition coefficient (Wildman–Crippen LogP) is 1.98. The summed E-state index contributed by atoms with van der Waals surface area (Å²) in [6.07, 6.45) is 0.632.